The van der Waals surface area contributed by atoms with E-state index in [2.05, 4.69) is 10.4 Å². The number of carbonyl (C=O) groups is 1. The summed E-state index contributed by atoms with van der Waals surface area (Å²) < 4.78 is 7.10. The van der Waals surface area contributed by atoms with Crippen molar-refractivity contribution in [2.24, 2.45) is 7.05 Å². The van der Waals surface area contributed by atoms with Gasteiger partial charge in [0.2, 0.25) is 5.69 Å². The standard InChI is InChI=1S/C12H21N3O2/c1-12(2,3)17-11(16)13-8-5-6-10-7-9-14-15(10)4/h7,9H,5-6,8H2,1-4H3,(H,13,16)/p+1. The number of alkyl carbamates (subject to hydrolysis) is 1. The summed E-state index contributed by atoms with van der Waals surface area (Å²) in [5.74, 6) is 0. The third-order valence-electron chi connectivity index (χ3n) is 2.25. The van der Waals surface area contributed by atoms with E-state index < -0.39 is 5.60 Å². The lowest BCUT2D eigenvalue weighted by molar-refractivity contribution is -0.733. The molecule has 0 fully saturated rings. The lowest BCUT2D eigenvalue weighted by atomic mass is 10.2. The van der Waals surface area contributed by atoms with E-state index in [1.54, 1.807) is 0 Å². The van der Waals surface area contributed by atoms with Gasteiger partial charge in [0, 0.05) is 19.0 Å². The first-order valence-corrected chi connectivity index (χ1v) is 5.87. The second kappa shape index (κ2) is 5.70. The molecule has 0 aliphatic rings. The zero-order valence-corrected chi connectivity index (χ0v) is 11.0. The van der Waals surface area contributed by atoms with Gasteiger partial charge in [-0.15, -0.1) is 4.68 Å². The van der Waals surface area contributed by atoms with Gasteiger partial charge in [0.1, 0.15) is 5.60 Å². The second-order valence-corrected chi connectivity index (χ2v) is 5.05. The molecule has 96 valence electrons. The SMILES string of the molecule is C[n+]1[nH]ccc1CCCNC(=O)OC(C)(C)C. The number of nitrogens with one attached hydrogen (secondary N) is 2. The normalized spacial score (nSPS) is 11.3. The molecule has 17 heavy (non-hydrogen) atoms. The predicted molar refractivity (Wildman–Crippen MR) is 64.5 cm³/mol. The fourth-order valence-electron chi connectivity index (χ4n) is 1.47. The van der Waals surface area contributed by atoms with Crippen LogP contribution in [0, 0.1) is 0 Å². The molecular weight excluding hydrogens is 218 g/mol. The Bertz CT molecular complexity index is 366. The zero-order valence-electron chi connectivity index (χ0n) is 11.0. The Morgan fingerprint density at radius 2 is 2.24 bits per heavy atom. The molecule has 2 N–H and O–H groups in total. The number of hydrogen-bond donors (Lipinski definition) is 2. The molecule has 1 heterocycles. The van der Waals surface area contributed by atoms with Gasteiger partial charge in [-0.25, -0.2) is 4.79 Å². The molecule has 0 atom stereocenters. The molecule has 0 aromatic carbocycles. The molecule has 1 amide bonds. The van der Waals surface area contributed by atoms with E-state index >= 15 is 0 Å². The second-order valence-electron chi connectivity index (χ2n) is 5.05. The molecule has 0 unspecified atom stereocenters. The van der Waals surface area contributed by atoms with Gasteiger partial charge < -0.3 is 10.1 Å². The van der Waals surface area contributed by atoms with Crippen LogP contribution in [-0.4, -0.2) is 23.3 Å². The molecule has 0 radical (unpaired) electrons. The smallest absolute Gasteiger partial charge is 0.407 e. The third-order valence-corrected chi connectivity index (χ3v) is 2.25. The van der Waals surface area contributed by atoms with Crippen molar-refractivity contribution in [3.8, 4) is 0 Å². The van der Waals surface area contributed by atoms with Crippen LogP contribution < -0.4 is 10.00 Å². The van der Waals surface area contributed by atoms with Gasteiger partial charge in [0.05, 0.1) is 6.20 Å². The van der Waals surface area contributed by atoms with Crippen molar-refractivity contribution in [1.29, 1.82) is 0 Å². The monoisotopic (exact) mass is 240 g/mol. The number of aromatic amines is 1. The van der Waals surface area contributed by atoms with E-state index in [4.69, 9.17) is 4.74 Å². The predicted octanol–water partition coefficient (Wildman–Crippen LogP) is 1.30. The molecule has 5 heteroatoms. The van der Waals surface area contributed by atoms with Crippen LogP contribution in [0.1, 0.15) is 32.9 Å². The Morgan fingerprint density at radius 3 is 2.76 bits per heavy atom. The van der Waals surface area contributed by atoms with Crippen molar-refractivity contribution in [2.75, 3.05) is 6.54 Å². The number of aryl methyl sites for hydroxylation is 2. The molecule has 5 nitrogen and oxygen atoms in total. The molecule has 1 aromatic rings. The van der Waals surface area contributed by atoms with Crippen LogP contribution in [0.25, 0.3) is 0 Å². The zero-order chi connectivity index (χ0) is 12.9. The summed E-state index contributed by atoms with van der Waals surface area (Å²) in [4.78, 5) is 11.3. The summed E-state index contributed by atoms with van der Waals surface area (Å²) in [5.41, 5.74) is 0.785. The minimum Gasteiger partial charge on any atom is -0.444 e. The Hall–Kier alpha value is -1.52. The van der Waals surface area contributed by atoms with Crippen molar-refractivity contribution in [2.45, 2.75) is 39.2 Å². The third kappa shape index (κ3) is 5.38. The van der Waals surface area contributed by atoms with Crippen molar-refractivity contribution < 1.29 is 14.2 Å². The highest BCUT2D eigenvalue weighted by atomic mass is 16.6. The number of aromatic nitrogens is 2. The van der Waals surface area contributed by atoms with Crippen LogP contribution in [0.2, 0.25) is 0 Å². The topological polar surface area (TPSA) is 58.0 Å². The van der Waals surface area contributed by atoms with E-state index in [1.807, 2.05) is 44.8 Å². The summed E-state index contributed by atoms with van der Waals surface area (Å²) >= 11 is 0. The minimum atomic E-state index is -0.433. The van der Waals surface area contributed by atoms with E-state index in [1.165, 1.54) is 5.69 Å². The summed E-state index contributed by atoms with van der Waals surface area (Å²) in [6.45, 7) is 6.19. The Kier molecular flexibility index (Phi) is 4.54. The molecule has 0 saturated heterocycles. The average Bonchev–Trinajstić information content (AvgIpc) is 2.56. The number of amides is 1. The Balaban J connectivity index is 2.17. The summed E-state index contributed by atoms with van der Waals surface area (Å²) in [5, 5.41) is 5.79. The average molecular weight is 240 g/mol. The maximum atomic E-state index is 11.3. The number of rotatable bonds is 4. The van der Waals surface area contributed by atoms with Crippen molar-refractivity contribution in [3.05, 3.63) is 18.0 Å². The van der Waals surface area contributed by atoms with Gasteiger partial charge in [-0.2, -0.15) is 5.10 Å². The van der Waals surface area contributed by atoms with Crippen LogP contribution in [-0.2, 0) is 18.2 Å². The highest BCUT2D eigenvalue weighted by molar-refractivity contribution is 5.67. The molecule has 0 aliphatic heterocycles. The first kappa shape index (κ1) is 13.5. The first-order valence-electron chi connectivity index (χ1n) is 5.87. The van der Waals surface area contributed by atoms with Gasteiger partial charge >= 0.3 is 6.09 Å². The van der Waals surface area contributed by atoms with Crippen LogP contribution in [0.4, 0.5) is 4.79 Å². The molecule has 0 spiro atoms. The Labute approximate surface area is 102 Å². The lowest BCUT2D eigenvalue weighted by Gasteiger charge is -2.19. The first-order chi connectivity index (χ1) is 7.88. The number of nitrogens with zero attached hydrogens (tertiary/aromatic N) is 1. The largest absolute Gasteiger partial charge is 0.444 e. The molecule has 1 aromatic heterocycles. The van der Waals surface area contributed by atoms with Crippen LogP contribution >= 0.6 is 0 Å². The Morgan fingerprint density at radius 1 is 1.53 bits per heavy atom. The van der Waals surface area contributed by atoms with E-state index in [0.717, 1.165) is 12.8 Å². The van der Waals surface area contributed by atoms with Crippen molar-refractivity contribution in [1.82, 2.24) is 10.4 Å². The maximum Gasteiger partial charge on any atom is 0.407 e. The number of ether oxygens (including phenoxy) is 1. The quantitative estimate of drug-likeness (QED) is 0.615. The van der Waals surface area contributed by atoms with E-state index in [0.29, 0.717) is 6.54 Å². The maximum absolute atomic E-state index is 11.3. The van der Waals surface area contributed by atoms with Gasteiger partial charge in [-0.3, -0.25) is 0 Å². The fourth-order valence-corrected chi connectivity index (χ4v) is 1.47. The van der Waals surface area contributed by atoms with Crippen molar-refractivity contribution in [3.63, 3.8) is 0 Å². The summed E-state index contributed by atoms with van der Waals surface area (Å²) in [6.07, 6.45) is 3.37. The van der Waals surface area contributed by atoms with E-state index in [9.17, 15) is 4.79 Å². The molecule has 0 aliphatic carbocycles. The summed E-state index contributed by atoms with van der Waals surface area (Å²) in [6, 6.07) is 2.04. The summed E-state index contributed by atoms with van der Waals surface area (Å²) in [7, 11) is 1.97. The van der Waals surface area contributed by atoms with Gasteiger partial charge in [-0.1, -0.05) is 0 Å². The van der Waals surface area contributed by atoms with Gasteiger partial charge in [0.15, 0.2) is 7.05 Å². The van der Waals surface area contributed by atoms with Crippen LogP contribution in [0.15, 0.2) is 12.3 Å². The minimum absolute atomic E-state index is 0.351. The molecule has 1 rings (SSSR count). The fraction of sp³-hybridized carbons (Fsp3) is 0.667. The van der Waals surface area contributed by atoms with Gasteiger partial charge in [0.25, 0.3) is 0 Å². The number of H-pyrrole nitrogens is 1. The van der Waals surface area contributed by atoms with Crippen molar-refractivity contribution >= 4 is 6.09 Å². The van der Waals surface area contributed by atoms with E-state index in [-0.39, 0.29) is 6.09 Å². The molecular formula is C12H22N3O2+. The molecule has 0 bridgehead atoms. The highest BCUT2D eigenvalue weighted by Gasteiger charge is 2.15. The van der Waals surface area contributed by atoms with Gasteiger partial charge in [-0.05, 0) is 27.2 Å². The molecule has 0 saturated carbocycles. The highest BCUT2D eigenvalue weighted by Crippen LogP contribution is 2.06. The van der Waals surface area contributed by atoms with Crippen LogP contribution in [0.3, 0.4) is 0 Å². The number of carbonyl (C=O) groups excluding carboxylic acids is 1. The van der Waals surface area contributed by atoms with Crippen LogP contribution in [0.5, 0.6) is 0 Å². The number of hydrogen-bond acceptors (Lipinski definition) is 2. The lowest BCUT2D eigenvalue weighted by Crippen LogP contribution is -2.35.